The molecule has 0 amide bonds. The monoisotopic (exact) mass is 389 g/mol. The first-order valence-electron chi connectivity index (χ1n) is 10.4. The lowest BCUT2D eigenvalue weighted by atomic mass is 10.1. The Kier molecular flexibility index (Phi) is 5.81. The van der Waals surface area contributed by atoms with E-state index in [1.54, 1.807) is 0 Å². The maximum atomic E-state index is 13.0. The summed E-state index contributed by atoms with van der Waals surface area (Å²) in [5.41, 5.74) is 3.65. The molecule has 150 valence electrons. The van der Waals surface area contributed by atoms with Crippen molar-refractivity contribution in [3.8, 4) is 5.75 Å². The predicted molar refractivity (Wildman–Crippen MR) is 118 cm³/mol. The third-order valence-electron chi connectivity index (χ3n) is 5.61. The average molecular weight is 389 g/mol. The first-order chi connectivity index (χ1) is 14.2. The van der Waals surface area contributed by atoms with Crippen molar-refractivity contribution in [2.75, 3.05) is 26.2 Å². The molecule has 4 heteroatoms. The molecule has 0 fully saturated rings. The van der Waals surface area contributed by atoms with Crippen molar-refractivity contribution >= 4 is 22.6 Å². The third kappa shape index (κ3) is 4.13. The van der Waals surface area contributed by atoms with Gasteiger partial charge < -0.3 is 14.1 Å². The Morgan fingerprint density at radius 1 is 1.07 bits per heavy atom. The van der Waals surface area contributed by atoms with Crippen LogP contribution in [-0.2, 0) is 6.42 Å². The Morgan fingerprint density at radius 3 is 2.62 bits per heavy atom. The fourth-order valence-corrected chi connectivity index (χ4v) is 3.88. The molecule has 1 aromatic heterocycles. The van der Waals surface area contributed by atoms with Gasteiger partial charge in [-0.25, -0.2) is 0 Å². The molecule has 29 heavy (non-hydrogen) atoms. The van der Waals surface area contributed by atoms with E-state index in [0.29, 0.717) is 17.6 Å². The van der Waals surface area contributed by atoms with Gasteiger partial charge in [-0.3, -0.25) is 4.79 Å². The maximum Gasteiger partial charge on any atom is 0.196 e. The zero-order chi connectivity index (χ0) is 20.2. The minimum Gasteiger partial charge on any atom is -0.492 e. The number of nitrogens with zero attached hydrogens (tertiary/aromatic N) is 1. The normalized spacial score (nSPS) is 14.7. The summed E-state index contributed by atoms with van der Waals surface area (Å²) in [4.78, 5) is 15.3. The highest BCUT2D eigenvalue weighted by Crippen LogP contribution is 2.34. The maximum absolute atomic E-state index is 13.0. The molecule has 0 radical (unpaired) electrons. The van der Waals surface area contributed by atoms with Crippen LogP contribution in [0.5, 0.6) is 5.75 Å². The van der Waals surface area contributed by atoms with Crippen LogP contribution in [0.15, 0.2) is 57.7 Å². The minimum atomic E-state index is 0.0763. The van der Waals surface area contributed by atoms with Gasteiger partial charge in [0.15, 0.2) is 5.43 Å². The summed E-state index contributed by atoms with van der Waals surface area (Å²) in [5, 5.41) is 0.626. The number of benzene rings is 2. The summed E-state index contributed by atoms with van der Waals surface area (Å²) in [5.74, 6) is 1.46. The summed E-state index contributed by atoms with van der Waals surface area (Å²) < 4.78 is 12.1. The largest absolute Gasteiger partial charge is 0.492 e. The van der Waals surface area contributed by atoms with E-state index in [2.05, 4.69) is 37.0 Å². The van der Waals surface area contributed by atoms with Crippen molar-refractivity contribution in [2.45, 2.75) is 26.7 Å². The molecular formula is C25H27NO3. The van der Waals surface area contributed by atoms with E-state index in [1.165, 1.54) is 0 Å². The van der Waals surface area contributed by atoms with E-state index < -0.39 is 0 Å². The van der Waals surface area contributed by atoms with Gasteiger partial charge in [-0.1, -0.05) is 44.2 Å². The standard InChI is InChI=1S/C25H27NO3/c1-3-26(4-2)14-15-28-20-11-13-21-23(17-20)29-25-19(10-12-22(25)24(21)27)16-18-8-6-5-7-9-18/h5-9,11,13,16-17H,3-4,10,12,14-15H2,1-2H3/b19-16+. The van der Waals surface area contributed by atoms with Gasteiger partial charge in [0.1, 0.15) is 23.7 Å². The number of allylic oxidation sites excluding steroid dienone is 1. The second kappa shape index (κ2) is 8.66. The van der Waals surface area contributed by atoms with Crippen LogP contribution in [0.1, 0.15) is 37.2 Å². The van der Waals surface area contributed by atoms with Gasteiger partial charge >= 0.3 is 0 Å². The van der Waals surface area contributed by atoms with Crippen LogP contribution < -0.4 is 10.2 Å². The van der Waals surface area contributed by atoms with Gasteiger partial charge in [-0.15, -0.1) is 0 Å². The number of rotatable bonds is 7. The van der Waals surface area contributed by atoms with Crippen LogP contribution in [-0.4, -0.2) is 31.1 Å². The highest BCUT2D eigenvalue weighted by Gasteiger charge is 2.24. The van der Waals surface area contributed by atoms with Crippen LogP contribution >= 0.6 is 0 Å². The molecule has 1 aliphatic carbocycles. The molecule has 2 aromatic carbocycles. The number of hydrogen-bond donors (Lipinski definition) is 0. The van der Waals surface area contributed by atoms with Crippen molar-refractivity contribution in [1.82, 2.24) is 4.90 Å². The van der Waals surface area contributed by atoms with Crippen LogP contribution in [0.2, 0.25) is 0 Å². The highest BCUT2D eigenvalue weighted by atomic mass is 16.5. The molecule has 4 nitrogen and oxygen atoms in total. The summed E-state index contributed by atoms with van der Waals surface area (Å²) in [7, 11) is 0. The molecule has 1 heterocycles. The molecule has 0 unspecified atom stereocenters. The number of ether oxygens (including phenoxy) is 1. The number of hydrogen-bond acceptors (Lipinski definition) is 4. The van der Waals surface area contributed by atoms with E-state index in [-0.39, 0.29) is 5.43 Å². The van der Waals surface area contributed by atoms with Crippen molar-refractivity contribution in [3.05, 3.63) is 75.6 Å². The van der Waals surface area contributed by atoms with E-state index in [1.807, 2.05) is 36.4 Å². The van der Waals surface area contributed by atoms with Crippen LogP contribution in [0.25, 0.3) is 22.6 Å². The van der Waals surface area contributed by atoms with Gasteiger partial charge in [-0.2, -0.15) is 0 Å². The van der Waals surface area contributed by atoms with Gasteiger partial charge in [0.25, 0.3) is 0 Å². The van der Waals surface area contributed by atoms with Crippen LogP contribution in [0.3, 0.4) is 0 Å². The Bertz CT molecular complexity index is 1080. The van der Waals surface area contributed by atoms with Gasteiger partial charge in [0.05, 0.1) is 5.39 Å². The second-order valence-electron chi connectivity index (χ2n) is 7.35. The van der Waals surface area contributed by atoms with Crippen molar-refractivity contribution in [2.24, 2.45) is 0 Å². The first-order valence-corrected chi connectivity index (χ1v) is 10.4. The highest BCUT2D eigenvalue weighted by molar-refractivity contribution is 5.87. The van der Waals surface area contributed by atoms with E-state index in [9.17, 15) is 4.79 Å². The molecule has 0 saturated carbocycles. The smallest absolute Gasteiger partial charge is 0.196 e. The lowest BCUT2D eigenvalue weighted by Gasteiger charge is -2.18. The third-order valence-corrected chi connectivity index (χ3v) is 5.61. The fourth-order valence-electron chi connectivity index (χ4n) is 3.88. The summed E-state index contributed by atoms with van der Waals surface area (Å²) in [6.07, 6.45) is 3.67. The van der Waals surface area contributed by atoms with Crippen molar-refractivity contribution < 1.29 is 9.15 Å². The lowest BCUT2D eigenvalue weighted by molar-refractivity contribution is 0.223. The second-order valence-corrected chi connectivity index (χ2v) is 7.35. The van der Waals surface area contributed by atoms with Gasteiger partial charge in [0.2, 0.25) is 0 Å². The molecule has 0 aliphatic heterocycles. The van der Waals surface area contributed by atoms with Crippen molar-refractivity contribution in [3.63, 3.8) is 0 Å². The first kappa shape index (κ1) is 19.5. The molecule has 1 aliphatic rings. The molecule has 0 spiro atoms. The molecule has 4 rings (SSSR count). The molecule has 0 atom stereocenters. The quantitative estimate of drug-likeness (QED) is 0.570. The zero-order valence-corrected chi connectivity index (χ0v) is 17.1. The lowest BCUT2D eigenvalue weighted by Crippen LogP contribution is -2.27. The Balaban J connectivity index is 1.63. The minimum absolute atomic E-state index is 0.0763. The molecule has 0 saturated heterocycles. The van der Waals surface area contributed by atoms with Crippen LogP contribution in [0.4, 0.5) is 0 Å². The molecule has 0 N–H and O–H groups in total. The summed E-state index contributed by atoms with van der Waals surface area (Å²) in [6.45, 7) is 7.81. The predicted octanol–water partition coefficient (Wildman–Crippen LogP) is 5.00. The Labute approximate surface area is 171 Å². The van der Waals surface area contributed by atoms with Gasteiger partial charge in [-0.05, 0) is 55.3 Å². The molecule has 0 bridgehead atoms. The Morgan fingerprint density at radius 2 is 1.86 bits per heavy atom. The molecular weight excluding hydrogens is 362 g/mol. The van der Waals surface area contributed by atoms with E-state index >= 15 is 0 Å². The summed E-state index contributed by atoms with van der Waals surface area (Å²) >= 11 is 0. The summed E-state index contributed by atoms with van der Waals surface area (Å²) in [6, 6.07) is 15.7. The van der Waals surface area contributed by atoms with Crippen molar-refractivity contribution in [1.29, 1.82) is 0 Å². The Hall–Kier alpha value is -2.85. The number of fused-ring (bicyclic) bond motifs is 2. The average Bonchev–Trinajstić information content (AvgIpc) is 3.15. The van der Waals surface area contributed by atoms with E-state index in [4.69, 9.17) is 9.15 Å². The zero-order valence-electron chi connectivity index (χ0n) is 17.1. The van der Waals surface area contributed by atoms with Gasteiger partial charge in [0, 0.05) is 18.2 Å². The van der Waals surface area contributed by atoms with Crippen LogP contribution in [0, 0.1) is 0 Å². The van der Waals surface area contributed by atoms with E-state index in [0.717, 1.165) is 60.7 Å². The molecule has 3 aromatic rings. The number of likely N-dealkylation sites (N-methyl/N-ethyl adjacent to an activating group) is 1. The topological polar surface area (TPSA) is 42.7 Å². The SMILES string of the molecule is CCN(CC)CCOc1ccc2c(=O)c3c(oc2c1)/C(=C/c1ccccc1)CC3. The fraction of sp³-hybridized carbons (Fsp3) is 0.320.